The highest BCUT2D eigenvalue weighted by atomic mass is 35.7. The Labute approximate surface area is 119 Å². The maximum atomic E-state index is 11.2. The molecule has 0 atom stereocenters. The molecule has 2 aromatic rings. The van der Waals surface area contributed by atoms with E-state index < -0.39 is 14.0 Å². The zero-order valence-electron chi connectivity index (χ0n) is 10.4. The fourth-order valence-electron chi connectivity index (χ4n) is 1.68. The highest BCUT2D eigenvalue weighted by molar-refractivity contribution is 8.13. The quantitative estimate of drug-likeness (QED) is 0.489. The number of aryl methyl sites for hydroxylation is 1. The lowest BCUT2D eigenvalue weighted by molar-refractivity contribution is -0.384. The molecule has 9 heteroatoms. The van der Waals surface area contributed by atoms with Crippen LogP contribution in [0.1, 0.15) is 11.4 Å². The van der Waals surface area contributed by atoms with Crippen molar-refractivity contribution in [2.45, 2.75) is 18.5 Å². The van der Waals surface area contributed by atoms with Crippen molar-refractivity contribution in [3.8, 4) is 0 Å². The largest absolute Gasteiger partial charge is 0.329 e. The van der Waals surface area contributed by atoms with Crippen LogP contribution in [0.25, 0.3) is 0 Å². The summed E-state index contributed by atoms with van der Waals surface area (Å²) in [6.07, 6.45) is 1.33. The second-order valence-corrected chi connectivity index (χ2v) is 6.63. The van der Waals surface area contributed by atoms with Gasteiger partial charge in [-0.05, 0) is 12.5 Å². The number of benzene rings is 1. The number of aromatic nitrogens is 2. The number of hydrogen-bond acceptors (Lipinski definition) is 5. The number of hydrogen-bond donors (Lipinski definition) is 0. The van der Waals surface area contributed by atoms with Crippen LogP contribution in [0.3, 0.4) is 0 Å². The van der Waals surface area contributed by atoms with E-state index >= 15 is 0 Å². The van der Waals surface area contributed by atoms with Gasteiger partial charge >= 0.3 is 0 Å². The molecule has 0 aliphatic rings. The zero-order valence-corrected chi connectivity index (χ0v) is 11.9. The Bertz CT molecular complexity index is 752. The van der Waals surface area contributed by atoms with Gasteiger partial charge < -0.3 is 4.57 Å². The molecule has 1 aromatic heterocycles. The van der Waals surface area contributed by atoms with E-state index in [1.54, 1.807) is 23.6 Å². The van der Waals surface area contributed by atoms with Crippen LogP contribution in [0.4, 0.5) is 5.69 Å². The number of imidazole rings is 1. The molecule has 0 saturated carbocycles. The summed E-state index contributed by atoms with van der Waals surface area (Å²) in [4.78, 5) is 13.9. The van der Waals surface area contributed by atoms with Gasteiger partial charge in [-0.2, -0.15) is 0 Å². The number of nitro benzene ring substituents is 1. The average molecular weight is 316 g/mol. The van der Waals surface area contributed by atoms with Gasteiger partial charge in [-0.15, -0.1) is 0 Å². The van der Waals surface area contributed by atoms with Gasteiger partial charge in [0.2, 0.25) is 0 Å². The van der Waals surface area contributed by atoms with E-state index in [4.69, 9.17) is 10.7 Å². The van der Waals surface area contributed by atoms with Crippen LogP contribution < -0.4 is 0 Å². The first-order chi connectivity index (χ1) is 9.27. The summed E-state index contributed by atoms with van der Waals surface area (Å²) >= 11 is 0. The van der Waals surface area contributed by atoms with E-state index in [0.29, 0.717) is 12.4 Å². The first-order valence-electron chi connectivity index (χ1n) is 5.49. The van der Waals surface area contributed by atoms with Gasteiger partial charge in [-0.3, -0.25) is 10.1 Å². The molecule has 0 saturated heterocycles. The molecular weight excluding hydrogens is 306 g/mol. The van der Waals surface area contributed by atoms with E-state index in [2.05, 4.69) is 4.98 Å². The molecule has 106 valence electrons. The van der Waals surface area contributed by atoms with Crippen LogP contribution in [0, 0.1) is 17.0 Å². The predicted octanol–water partition coefficient (Wildman–Crippen LogP) is 2.08. The summed E-state index contributed by atoms with van der Waals surface area (Å²) in [5.74, 6) is 0.488. The first kappa shape index (κ1) is 14.5. The van der Waals surface area contributed by atoms with Gasteiger partial charge in [-0.1, -0.05) is 12.1 Å². The van der Waals surface area contributed by atoms with Gasteiger partial charge in [0.25, 0.3) is 14.7 Å². The SMILES string of the molecule is Cc1nc(S(=O)(=O)Cl)cn1Cc1ccc([N+](=O)[O-])cc1. The summed E-state index contributed by atoms with van der Waals surface area (Å²) < 4.78 is 24.0. The minimum absolute atomic E-state index is 0.000119. The van der Waals surface area contributed by atoms with Crippen LogP contribution in [0.2, 0.25) is 0 Å². The lowest BCUT2D eigenvalue weighted by atomic mass is 10.2. The molecule has 0 spiro atoms. The van der Waals surface area contributed by atoms with Gasteiger partial charge in [0.15, 0.2) is 5.03 Å². The molecule has 0 fully saturated rings. The molecule has 0 unspecified atom stereocenters. The van der Waals surface area contributed by atoms with Crippen LogP contribution in [0.15, 0.2) is 35.5 Å². The number of non-ortho nitro benzene ring substituents is 1. The van der Waals surface area contributed by atoms with Gasteiger partial charge in [0.1, 0.15) is 5.82 Å². The van der Waals surface area contributed by atoms with Gasteiger partial charge in [0.05, 0.1) is 4.92 Å². The van der Waals surface area contributed by atoms with Gasteiger partial charge in [0, 0.05) is 35.6 Å². The Hall–Kier alpha value is -1.93. The average Bonchev–Trinajstić information content (AvgIpc) is 2.71. The molecule has 7 nitrogen and oxygen atoms in total. The zero-order chi connectivity index (χ0) is 14.9. The summed E-state index contributed by atoms with van der Waals surface area (Å²) in [5, 5.41) is 10.3. The molecule has 1 heterocycles. The highest BCUT2D eigenvalue weighted by Gasteiger charge is 2.16. The third-order valence-corrected chi connectivity index (χ3v) is 3.87. The van der Waals surface area contributed by atoms with Crippen LogP contribution >= 0.6 is 10.7 Å². The lowest BCUT2D eigenvalue weighted by Crippen LogP contribution is -2.00. The van der Waals surface area contributed by atoms with Crippen molar-refractivity contribution in [1.82, 2.24) is 9.55 Å². The first-order valence-corrected chi connectivity index (χ1v) is 7.80. The smallest absolute Gasteiger partial charge is 0.280 e. The number of halogens is 1. The normalized spacial score (nSPS) is 11.5. The Morgan fingerprint density at radius 2 is 1.95 bits per heavy atom. The number of rotatable bonds is 4. The molecule has 0 radical (unpaired) electrons. The lowest BCUT2D eigenvalue weighted by Gasteiger charge is -2.04. The molecule has 0 amide bonds. The van der Waals surface area contributed by atoms with E-state index in [1.807, 2.05) is 0 Å². The molecule has 2 rings (SSSR count). The summed E-state index contributed by atoms with van der Waals surface area (Å²) in [7, 11) is 1.36. The minimum Gasteiger partial charge on any atom is -0.329 e. The third-order valence-electron chi connectivity index (χ3n) is 2.70. The molecule has 20 heavy (non-hydrogen) atoms. The van der Waals surface area contributed by atoms with Crippen molar-refractivity contribution in [3.63, 3.8) is 0 Å². The van der Waals surface area contributed by atoms with Crippen LogP contribution in [-0.4, -0.2) is 22.9 Å². The van der Waals surface area contributed by atoms with Crippen molar-refractivity contribution >= 4 is 25.4 Å². The van der Waals surface area contributed by atoms with Crippen molar-refractivity contribution in [1.29, 1.82) is 0 Å². The third kappa shape index (κ3) is 3.14. The second kappa shape index (κ2) is 5.22. The van der Waals surface area contributed by atoms with Crippen molar-refractivity contribution in [2.24, 2.45) is 0 Å². The van der Waals surface area contributed by atoms with E-state index in [1.165, 1.54) is 18.3 Å². The van der Waals surface area contributed by atoms with E-state index in [-0.39, 0.29) is 10.7 Å². The Morgan fingerprint density at radius 1 is 1.35 bits per heavy atom. The number of nitro groups is 1. The van der Waals surface area contributed by atoms with E-state index in [0.717, 1.165) is 5.56 Å². The number of nitrogens with zero attached hydrogens (tertiary/aromatic N) is 3. The minimum atomic E-state index is -3.86. The van der Waals surface area contributed by atoms with Crippen molar-refractivity contribution in [3.05, 3.63) is 52.0 Å². The van der Waals surface area contributed by atoms with E-state index in [9.17, 15) is 18.5 Å². The molecule has 1 aromatic carbocycles. The fourth-order valence-corrected chi connectivity index (χ4v) is 2.39. The monoisotopic (exact) mass is 315 g/mol. The highest BCUT2D eigenvalue weighted by Crippen LogP contribution is 2.17. The fraction of sp³-hybridized carbons (Fsp3) is 0.182. The molecule has 0 aliphatic carbocycles. The molecule has 0 aliphatic heterocycles. The topological polar surface area (TPSA) is 95.1 Å². The predicted molar refractivity (Wildman–Crippen MR) is 72.2 cm³/mol. The van der Waals surface area contributed by atoms with Crippen LogP contribution in [0.5, 0.6) is 0 Å². The molecule has 0 N–H and O–H groups in total. The Morgan fingerprint density at radius 3 is 2.40 bits per heavy atom. The Kier molecular flexibility index (Phi) is 3.78. The standard InChI is InChI=1S/C11H10ClN3O4S/c1-8-13-11(20(12,18)19)7-14(8)6-9-2-4-10(5-3-9)15(16)17/h2-5,7H,6H2,1H3. The van der Waals surface area contributed by atoms with Crippen molar-refractivity contribution < 1.29 is 13.3 Å². The van der Waals surface area contributed by atoms with Crippen LogP contribution in [-0.2, 0) is 15.6 Å². The Balaban J connectivity index is 2.26. The van der Waals surface area contributed by atoms with Gasteiger partial charge in [-0.25, -0.2) is 13.4 Å². The summed E-state index contributed by atoms with van der Waals surface area (Å²) in [6, 6.07) is 5.99. The second-order valence-electron chi connectivity index (χ2n) is 4.12. The summed E-state index contributed by atoms with van der Waals surface area (Å²) in [6.45, 7) is 2.00. The molecular formula is C11H10ClN3O4S. The maximum Gasteiger partial charge on any atom is 0.280 e. The summed E-state index contributed by atoms with van der Waals surface area (Å²) in [5.41, 5.74) is 0.787. The molecule has 0 bridgehead atoms. The maximum absolute atomic E-state index is 11.2. The van der Waals surface area contributed by atoms with Crippen molar-refractivity contribution in [2.75, 3.05) is 0 Å².